The molecule has 1 N–H and O–H groups in total. The molecule has 8 nitrogen and oxygen atoms in total. The van der Waals surface area contributed by atoms with Gasteiger partial charge in [-0.05, 0) is 31.2 Å². The fourth-order valence-corrected chi connectivity index (χ4v) is 5.17. The summed E-state index contributed by atoms with van der Waals surface area (Å²) in [6.07, 6.45) is 2.41. The summed E-state index contributed by atoms with van der Waals surface area (Å²) in [6.45, 7) is -1.15. The number of amides is 1. The molecule has 3 heterocycles. The fraction of sp³-hybridized carbons (Fsp3) is 0.150. The topological polar surface area (TPSA) is 107 Å². The quantitative estimate of drug-likeness (QED) is 0.418. The van der Waals surface area contributed by atoms with Crippen molar-refractivity contribution in [3.8, 4) is 10.7 Å². The maximum absolute atomic E-state index is 13.1. The summed E-state index contributed by atoms with van der Waals surface area (Å²) in [5.41, 5.74) is 0.424. The molecule has 4 rings (SSSR count). The molecule has 0 unspecified atom stereocenters. The van der Waals surface area contributed by atoms with Gasteiger partial charge in [0.05, 0.1) is 15.5 Å². The third-order valence-electron chi connectivity index (χ3n) is 4.42. The number of sulfone groups is 1. The minimum atomic E-state index is -3.63. The van der Waals surface area contributed by atoms with Crippen molar-refractivity contribution < 1.29 is 26.4 Å². The molecule has 0 radical (unpaired) electrons. The van der Waals surface area contributed by atoms with Gasteiger partial charge in [0.25, 0.3) is 5.91 Å². The van der Waals surface area contributed by atoms with Crippen LogP contribution in [0.15, 0.2) is 64.2 Å². The van der Waals surface area contributed by atoms with Gasteiger partial charge in [0.15, 0.2) is 26.6 Å². The number of hydrogen-bond acceptors (Lipinski definition) is 7. The Labute approximate surface area is 185 Å². The molecule has 1 amide bonds. The number of thiazole rings is 1. The summed E-state index contributed by atoms with van der Waals surface area (Å²) in [7, 11) is -3.63. The predicted octanol–water partition coefficient (Wildman–Crippen LogP) is 4.53. The standard InChI is InChI=1S/C20H16F2N4O4S2/c1-12-16(17-23-9-10-26(17)19(21)22)31-20(24-12)25-18(27)15-8-7-13(30-15)11-32(28,29)14-5-3-2-4-6-14/h2-10,19H,11H2,1H3,(H,24,25,27). The summed E-state index contributed by atoms with van der Waals surface area (Å²) in [5, 5.41) is 2.71. The summed E-state index contributed by atoms with van der Waals surface area (Å²) >= 11 is 0.989. The highest BCUT2D eigenvalue weighted by Gasteiger charge is 2.22. The fourth-order valence-electron chi connectivity index (χ4n) is 2.94. The first-order valence-corrected chi connectivity index (χ1v) is 11.7. The van der Waals surface area contributed by atoms with Crippen LogP contribution < -0.4 is 5.32 Å². The molecule has 12 heteroatoms. The monoisotopic (exact) mass is 478 g/mol. The second kappa shape index (κ2) is 8.63. The number of benzene rings is 1. The first-order chi connectivity index (χ1) is 15.2. The van der Waals surface area contributed by atoms with Crippen molar-refractivity contribution in [3.05, 3.63) is 72.1 Å². The Morgan fingerprint density at radius 1 is 1.22 bits per heavy atom. The number of imidazole rings is 1. The van der Waals surface area contributed by atoms with Gasteiger partial charge in [-0.3, -0.25) is 14.7 Å². The van der Waals surface area contributed by atoms with Crippen molar-refractivity contribution in [2.24, 2.45) is 0 Å². The van der Waals surface area contributed by atoms with Crippen molar-refractivity contribution >= 4 is 32.2 Å². The molecular weight excluding hydrogens is 462 g/mol. The minimum absolute atomic E-state index is 0.0434. The van der Waals surface area contributed by atoms with E-state index in [1.54, 1.807) is 25.1 Å². The van der Waals surface area contributed by atoms with Crippen LogP contribution in [0.1, 0.15) is 28.6 Å². The first-order valence-electron chi connectivity index (χ1n) is 9.21. The number of nitrogens with zero attached hydrogens (tertiary/aromatic N) is 3. The van der Waals surface area contributed by atoms with Crippen LogP contribution in [0.4, 0.5) is 13.9 Å². The van der Waals surface area contributed by atoms with Gasteiger partial charge < -0.3 is 4.42 Å². The van der Waals surface area contributed by atoms with Crippen LogP contribution in [-0.4, -0.2) is 28.9 Å². The zero-order chi connectivity index (χ0) is 22.9. The molecule has 0 aliphatic rings. The van der Waals surface area contributed by atoms with Gasteiger partial charge in [-0.1, -0.05) is 29.5 Å². The number of carbonyl (C=O) groups excluding carboxylic acids is 1. The predicted molar refractivity (Wildman–Crippen MR) is 113 cm³/mol. The Morgan fingerprint density at radius 2 is 1.97 bits per heavy atom. The molecule has 0 saturated carbocycles. The van der Waals surface area contributed by atoms with Gasteiger partial charge in [0.2, 0.25) is 0 Å². The summed E-state index contributed by atoms with van der Waals surface area (Å²) in [4.78, 5) is 21.2. The summed E-state index contributed by atoms with van der Waals surface area (Å²) in [6, 6.07) is 10.7. The average molecular weight is 479 g/mol. The van der Waals surface area contributed by atoms with E-state index in [9.17, 15) is 22.0 Å². The lowest BCUT2D eigenvalue weighted by atomic mass is 10.4. The second-order valence-electron chi connectivity index (χ2n) is 6.66. The van der Waals surface area contributed by atoms with Crippen molar-refractivity contribution in [1.82, 2.24) is 14.5 Å². The lowest BCUT2D eigenvalue weighted by Gasteiger charge is -2.04. The molecular formula is C20H16F2N4O4S2. The Morgan fingerprint density at radius 3 is 2.69 bits per heavy atom. The van der Waals surface area contributed by atoms with Gasteiger partial charge in [-0.2, -0.15) is 8.78 Å². The number of rotatable bonds is 7. The van der Waals surface area contributed by atoms with Crippen LogP contribution in [0, 0.1) is 6.92 Å². The van der Waals surface area contributed by atoms with Gasteiger partial charge >= 0.3 is 6.55 Å². The largest absolute Gasteiger partial charge is 0.455 e. The van der Waals surface area contributed by atoms with E-state index in [0.717, 1.165) is 17.5 Å². The van der Waals surface area contributed by atoms with Gasteiger partial charge in [0, 0.05) is 12.4 Å². The average Bonchev–Trinajstić information content (AvgIpc) is 3.48. The van der Waals surface area contributed by atoms with Crippen LogP contribution in [0.2, 0.25) is 0 Å². The van der Waals surface area contributed by atoms with E-state index in [-0.39, 0.29) is 27.4 Å². The number of aromatic nitrogens is 3. The third kappa shape index (κ3) is 4.46. The normalized spacial score (nSPS) is 11.8. The number of furan rings is 1. The Bertz CT molecular complexity index is 1360. The van der Waals surface area contributed by atoms with Crippen molar-refractivity contribution in [3.63, 3.8) is 0 Å². The molecule has 0 bridgehead atoms. The Hall–Kier alpha value is -3.38. The van der Waals surface area contributed by atoms with Crippen molar-refractivity contribution in [2.45, 2.75) is 24.1 Å². The molecule has 4 aromatic rings. The molecule has 0 atom stereocenters. The minimum Gasteiger partial charge on any atom is -0.455 e. The molecule has 0 spiro atoms. The lowest BCUT2D eigenvalue weighted by molar-refractivity contribution is 0.0720. The molecule has 0 aliphatic carbocycles. The third-order valence-corrected chi connectivity index (χ3v) is 7.14. The molecule has 3 aromatic heterocycles. The highest BCUT2D eigenvalue weighted by atomic mass is 32.2. The molecule has 0 saturated heterocycles. The smallest absolute Gasteiger partial charge is 0.320 e. The maximum Gasteiger partial charge on any atom is 0.320 e. The molecule has 32 heavy (non-hydrogen) atoms. The van der Waals surface area contributed by atoms with Gasteiger partial charge in [-0.25, -0.2) is 18.4 Å². The zero-order valence-electron chi connectivity index (χ0n) is 16.5. The number of carbonyl (C=O) groups is 1. The Kier molecular flexibility index (Phi) is 5.89. The number of alkyl halides is 2. The van der Waals surface area contributed by atoms with Crippen LogP contribution >= 0.6 is 11.3 Å². The summed E-state index contributed by atoms with van der Waals surface area (Å²) < 4.78 is 57.3. The molecule has 166 valence electrons. The zero-order valence-corrected chi connectivity index (χ0v) is 18.2. The molecule has 0 aliphatic heterocycles. The highest BCUT2D eigenvalue weighted by molar-refractivity contribution is 7.90. The van der Waals surface area contributed by atoms with Crippen LogP contribution in [0.25, 0.3) is 10.7 Å². The SMILES string of the molecule is Cc1nc(NC(=O)c2ccc(CS(=O)(=O)c3ccccc3)o2)sc1-c1nccn1C(F)F. The van der Waals surface area contributed by atoms with Crippen LogP contribution in [0.5, 0.6) is 0 Å². The van der Waals surface area contributed by atoms with Gasteiger partial charge in [-0.15, -0.1) is 0 Å². The van der Waals surface area contributed by atoms with Crippen molar-refractivity contribution in [2.75, 3.05) is 5.32 Å². The van der Waals surface area contributed by atoms with E-state index >= 15 is 0 Å². The van der Waals surface area contributed by atoms with Crippen LogP contribution in [-0.2, 0) is 15.6 Å². The highest BCUT2D eigenvalue weighted by Crippen LogP contribution is 2.33. The van der Waals surface area contributed by atoms with Crippen molar-refractivity contribution in [1.29, 1.82) is 0 Å². The molecule has 0 fully saturated rings. The number of hydrogen-bond donors (Lipinski definition) is 1. The first kappa shape index (κ1) is 21.8. The lowest BCUT2D eigenvalue weighted by Crippen LogP contribution is -2.10. The van der Waals surface area contributed by atoms with E-state index in [1.165, 1.54) is 30.5 Å². The van der Waals surface area contributed by atoms with Crippen LogP contribution in [0.3, 0.4) is 0 Å². The number of aryl methyl sites for hydroxylation is 1. The number of nitrogens with one attached hydrogen (secondary N) is 1. The van der Waals surface area contributed by atoms with E-state index < -0.39 is 28.0 Å². The molecule has 1 aromatic carbocycles. The van der Waals surface area contributed by atoms with E-state index in [2.05, 4.69) is 15.3 Å². The maximum atomic E-state index is 13.1. The Balaban J connectivity index is 1.49. The number of anilines is 1. The summed E-state index contributed by atoms with van der Waals surface area (Å²) in [5.74, 6) is -1.00. The second-order valence-corrected chi connectivity index (χ2v) is 9.65. The van der Waals surface area contributed by atoms with Gasteiger partial charge in [0.1, 0.15) is 11.5 Å². The number of halogens is 2. The van der Waals surface area contributed by atoms with E-state index in [1.807, 2.05) is 0 Å². The van der Waals surface area contributed by atoms with E-state index in [0.29, 0.717) is 15.1 Å². The van der Waals surface area contributed by atoms with E-state index in [4.69, 9.17) is 4.42 Å².